The van der Waals surface area contributed by atoms with Gasteiger partial charge in [0, 0.05) is 12.5 Å². The summed E-state index contributed by atoms with van der Waals surface area (Å²) in [5, 5.41) is 27.3. The highest BCUT2D eigenvalue weighted by atomic mass is 16.6. The number of carboxylic acids is 1. The zero-order valence-electron chi connectivity index (χ0n) is 7.80. The summed E-state index contributed by atoms with van der Waals surface area (Å²) in [6.07, 6.45) is 0.267. The van der Waals surface area contributed by atoms with E-state index in [1.54, 1.807) is 0 Å². The Balaban J connectivity index is 3.06. The van der Waals surface area contributed by atoms with Gasteiger partial charge in [-0.15, -0.1) is 0 Å². The smallest absolute Gasteiger partial charge is 0.339 e. The van der Waals surface area contributed by atoms with E-state index in [4.69, 9.17) is 11.0 Å². The maximum atomic E-state index is 10.7. The van der Waals surface area contributed by atoms with Crippen molar-refractivity contribution in [2.75, 3.05) is 6.61 Å². The number of carbonyl (C=O) groups is 1. The van der Waals surface area contributed by atoms with Crippen molar-refractivity contribution < 1.29 is 25.0 Å². The molecule has 15 heavy (non-hydrogen) atoms. The van der Waals surface area contributed by atoms with E-state index in [0.29, 0.717) is 5.56 Å². The molecule has 82 valence electrons. The predicted octanol–water partition coefficient (Wildman–Crippen LogP) is 0.229. The van der Waals surface area contributed by atoms with Crippen molar-refractivity contribution in [1.29, 1.82) is 0 Å². The van der Waals surface area contributed by atoms with Crippen LogP contribution in [0.15, 0.2) is 12.1 Å². The summed E-state index contributed by atoms with van der Waals surface area (Å²) in [5.41, 5.74) is 0.0930. The third-order valence-corrected chi connectivity index (χ3v) is 1.92. The number of nitrogens with two attached hydrogens (primary N) is 1. The molecule has 0 aliphatic heterocycles. The first kappa shape index (κ1) is 11.3. The SMILES string of the molecule is NOCCc1cc(C(=O)O)c(O)cc1O. The molecule has 6 nitrogen and oxygen atoms in total. The number of hydrogen-bond acceptors (Lipinski definition) is 5. The van der Waals surface area contributed by atoms with E-state index in [2.05, 4.69) is 4.84 Å². The van der Waals surface area contributed by atoms with Gasteiger partial charge in [-0.25, -0.2) is 10.7 Å². The molecule has 0 aromatic heterocycles. The molecule has 0 bridgehead atoms. The Morgan fingerprint density at radius 2 is 2.00 bits per heavy atom. The van der Waals surface area contributed by atoms with Gasteiger partial charge >= 0.3 is 5.97 Å². The zero-order chi connectivity index (χ0) is 11.4. The van der Waals surface area contributed by atoms with Crippen molar-refractivity contribution >= 4 is 5.97 Å². The van der Waals surface area contributed by atoms with Gasteiger partial charge in [-0.1, -0.05) is 0 Å². The van der Waals surface area contributed by atoms with E-state index in [9.17, 15) is 15.0 Å². The summed E-state index contributed by atoms with van der Waals surface area (Å²) in [7, 11) is 0. The lowest BCUT2D eigenvalue weighted by Gasteiger charge is -2.06. The van der Waals surface area contributed by atoms with E-state index in [1.807, 2.05) is 0 Å². The first-order valence-electron chi connectivity index (χ1n) is 4.16. The fourth-order valence-electron chi connectivity index (χ4n) is 1.16. The number of hydrogen-bond donors (Lipinski definition) is 4. The van der Waals surface area contributed by atoms with Gasteiger partial charge in [-0.05, 0) is 11.6 Å². The lowest BCUT2D eigenvalue weighted by atomic mass is 10.1. The first-order chi connectivity index (χ1) is 7.06. The van der Waals surface area contributed by atoms with Gasteiger partial charge in [-0.2, -0.15) is 0 Å². The Labute approximate surface area is 85.5 Å². The lowest BCUT2D eigenvalue weighted by molar-refractivity contribution is 0.0693. The molecule has 0 saturated heterocycles. The lowest BCUT2D eigenvalue weighted by Crippen LogP contribution is -2.05. The van der Waals surface area contributed by atoms with Crippen LogP contribution in [0.1, 0.15) is 15.9 Å². The number of benzene rings is 1. The van der Waals surface area contributed by atoms with Crippen molar-refractivity contribution in [3.63, 3.8) is 0 Å². The molecule has 1 aromatic rings. The van der Waals surface area contributed by atoms with Crippen molar-refractivity contribution in [1.82, 2.24) is 0 Å². The third-order valence-electron chi connectivity index (χ3n) is 1.92. The van der Waals surface area contributed by atoms with Gasteiger partial charge in [-0.3, -0.25) is 0 Å². The van der Waals surface area contributed by atoms with Crippen LogP contribution in [0.4, 0.5) is 0 Å². The molecule has 6 heteroatoms. The summed E-state index contributed by atoms with van der Waals surface area (Å²) >= 11 is 0. The van der Waals surface area contributed by atoms with Gasteiger partial charge in [0.05, 0.1) is 6.61 Å². The highest BCUT2D eigenvalue weighted by molar-refractivity contribution is 5.91. The highest BCUT2D eigenvalue weighted by Crippen LogP contribution is 2.27. The van der Waals surface area contributed by atoms with Crippen LogP contribution >= 0.6 is 0 Å². The van der Waals surface area contributed by atoms with Gasteiger partial charge in [0.2, 0.25) is 0 Å². The Bertz CT molecular complexity index is 377. The number of rotatable bonds is 4. The van der Waals surface area contributed by atoms with Crippen LogP contribution in [0.5, 0.6) is 11.5 Å². The summed E-state index contributed by atoms with van der Waals surface area (Å²) in [5.74, 6) is 2.88. The van der Waals surface area contributed by atoms with Crippen LogP contribution in [0.25, 0.3) is 0 Å². The number of phenols is 2. The topological polar surface area (TPSA) is 113 Å². The zero-order valence-corrected chi connectivity index (χ0v) is 7.80. The van der Waals surface area contributed by atoms with E-state index >= 15 is 0 Å². The van der Waals surface area contributed by atoms with E-state index in [1.165, 1.54) is 6.07 Å². The number of aromatic carboxylic acids is 1. The maximum absolute atomic E-state index is 10.7. The summed E-state index contributed by atoms with van der Waals surface area (Å²) in [4.78, 5) is 15.0. The van der Waals surface area contributed by atoms with E-state index < -0.39 is 11.7 Å². The molecule has 1 rings (SSSR count). The monoisotopic (exact) mass is 213 g/mol. The van der Waals surface area contributed by atoms with Crippen LogP contribution in [0, 0.1) is 0 Å². The predicted molar refractivity (Wildman–Crippen MR) is 50.6 cm³/mol. The molecule has 0 heterocycles. The molecular formula is C9H11NO5. The Kier molecular flexibility index (Phi) is 3.48. The summed E-state index contributed by atoms with van der Waals surface area (Å²) in [6, 6.07) is 2.17. The molecule has 0 saturated carbocycles. The van der Waals surface area contributed by atoms with Crippen molar-refractivity contribution in [3.05, 3.63) is 23.3 Å². The molecule has 0 radical (unpaired) electrons. The van der Waals surface area contributed by atoms with Crippen molar-refractivity contribution in [2.45, 2.75) is 6.42 Å². The fraction of sp³-hybridized carbons (Fsp3) is 0.222. The van der Waals surface area contributed by atoms with E-state index in [0.717, 1.165) is 6.07 Å². The molecule has 1 aromatic carbocycles. The molecule has 0 atom stereocenters. The van der Waals surface area contributed by atoms with Crippen LogP contribution in [-0.2, 0) is 11.3 Å². The van der Waals surface area contributed by atoms with Crippen molar-refractivity contribution in [3.8, 4) is 11.5 Å². The normalized spacial score (nSPS) is 10.2. The number of carboxylic acid groups (broad SMARTS) is 1. The Hall–Kier alpha value is -1.79. The maximum Gasteiger partial charge on any atom is 0.339 e. The second-order valence-electron chi connectivity index (χ2n) is 2.92. The van der Waals surface area contributed by atoms with Crippen LogP contribution in [0.3, 0.4) is 0 Å². The quantitative estimate of drug-likeness (QED) is 0.532. The van der Waals surface area contributed by atoms with Crippen LogP contribution < -0.4 is 5.90 Å². The first-order valence-corrected chi connectivity index (χ1v) is 4.16. The van der Waals surface area contributed by atoms with Gasteiger partial charge in [0.1, 0.15) is 17.1 Å². The minimum atomic E-state index is -1.26. The van der Waals surface area contributed by atoms with Crippen LogP contribution in [0.2, 0.25) is 0 Å². The Morgan fingerprint density at radius 3 is 2.53 bits per heavy atom. The number of aromatic hydroxyl groups is 2. The largest absolute Gasteiger partial charge is 0.508 e. The standard InChI is InChI=1S/C9H11NO5/c10-15-2-1-5-3-6(9(13)14)8(12)4-7(5)11/h3-4,11-12H,1-2,10H2,(H,13,14). The molecule has 0 spiro atoms. The average molecular weight is 213 g/mol. The summed E-state index contributed by atoms with van der Waals surface area (Å²) in [6.45, 7) is 0.150. The average Bonchev–Trinajstić information content (AvgIpc) is 2.16. The minimum absolute atomic E-state index is 0.150. The molecular weight excluding hydrogens is 202 g/mol. The highest BCUT2D eigenvalue weighted by Gasteiger charge is 2.13. The third kappa shape index (κ3) is 2.58. The van der Waals surface area contributed by atoms with Crippen molar-refractivity contribution in [2.24, 2.45) is 5.90 Å². The fourth-order valence-corrected chi connectivity index (χ4v) is 1.16. The van der Waals surface area contributed by atoms with Gasteiger partial charge in [0.15, 0.2) is 0 Å². The number of phenolic OH excluding ortho intramolecular Hbond substituents is 1. The minimum Gasteiger partial charge on any atom is -0.508 e. The second-order valence-corrected chi connectivity index (χ2v) is 2.92. The molecule has 0 aliphatic carbocycles. The van der Waals surface area contributed by atoms with Gasteiger partial charge < -0.3 is 20.2 Å². The second kappa shape index (κ2) is 4.63. The van der Waals surface area contributed by atoms with Gasteiger partial charge in [0.25, 0.3) is 0 Å². The molecule has 0 amide bonds. The Morgan fingerprint density at radius 1 is 1.33 bits per heavy atom. The van der Waals surface area contributed by atoms with E-state index in [-0.39, 0.29) is 24.3 Å². The molecule has 5 N–H and O–H groups in total. The molecule has 0 aliphatic rings. The van der Waals surface area contributed by atoms with Crippen LogP contribution in [-0.4, -0.2) is 27.9 Å². The summed E-state index contributed by atoms with van der Waals surface area (Å²) < 4.78 is 0. The molecule has 0 unspecified atom stereocenters. The molecule has 0 fully saturated rings.